The Labute approximate surface area is 140 Å². The van der Waals surface area contributed by atoms with E-state index in [1.807, 2.05) is 60.7 Å². The summed E-state index contributed by atoms with van der Waals surface area (Å²) in [7, 11) is 0. The molecule has 5 nitrogen and oxygen atoms in total. The van der Waals surface area contributed by atoms with Gasteiger partial charge in [0.15, 0.2) is 0 Å². The second kappa shape index (κ2) is 8.64. The van der Waals surface area contributed by atoms with Gasteiger partial charge in [0.25, 0.3) is 0 Å². The second-order valence-corrected chi connectivity index (χ2v) is 5.33. The van der Waals surface area contributed by atoms with Crippen molar-refractivity contribution in [3.8, 4) is 0 Å². The summed E-state index contributed by atoms with van der Waals surface area (Å²) in [5.74, 6) is -2.21. The zero-order valence-corrected chi connectivity index (χ0v) is 13.0. The molecule has 0 aromatic heterocycles. The van der Waals surface area contributed by atoms with Crippen LogP contribution in [0, 0.1) is 0 Å². The van der Waals surface area contributed by atoms with Gasteiger partial charge in [-0.1, -0.05) is 72.8 Å². The van der Waals surface area contributed by atoms with E-state index in [-0.39, 0.29) is 6.42 Å². The molecule has 0 unspecified atom stereocenters. The van der Waals surface area contributed by atoms with Gasteiger partial charge in [-0.25, -0.2) is 0 Å². The average Bonchev–Trinajstić information content (AvgIpc) is 2.59. The lowest BCUT2D eigenvalue weighted by Gasteiger charge is -2.18. The van der Waals surface area contributed by atoms with Crippen LogP contribution in [0.4, 0.5) is 0 Å². The van der Waals surface area contributed by atoms with Crippen LogP contribution in [0.25, 0.3) is 6.08 Å². The molecule has 0 saturated heterocycles. The predicted molar refractivity (Wildman–Crippen MR) is 91.6 cm³/mol. The quantitative estimate of drug-likeness (QED) is 0.694. The molecule has 0 radical (unpaired) electrons. The Morgan fingerprint density at radius 1 is 0.917 bits per heavy atom. The van der Waals surface area contributed by atoms with Gasteiger partial charge in [0.2, 0.25) is 0 Å². The van der Waals surface area contributed by atoms with Gasteiger partial charge in [0, 0.05) is 0 Å². The van der Waals surface area contributed by atoms with Gasteiger partial charge in [-0.3, -0.25) is 14.9 Å². The highest BCUT2D eigenvalue weighted by atomic mass is 16.4. The summed E-state index contributed by atoms with van der Waals surface area (Å²) in [5, 5.41) is 21.4. The van der Waals surface area contributed by atoms with E-state index in [1.54, 1.807) is 6.08 Å². The smallest absolute Gasteiger partial charge is 0.324 e. The van der Waals surface area contributed by atoms with Gasteiger partial charge in [-0.05, 0) is 17.5 Å². The van der Waals surface area contributed by atoms with Crippen molar-refractivity contribution in [1.82, 2.24) is 5.32 Å². The number of nitrogens with one attached hydrogen (secondary N) is 1. The molecule has 0 aliphatic carbocycles. The Morgan fingerprint density at radius 3 is 2.04 bits per heavy atom. The van der Waals surface area contributed by atoms with Crippen molar-refractivity contribution in [2.75, 3.05) is 0 Å². The molecular formula is C19H19NO4. The lowest BCUT2D eigenvalue weighted by atomic mass is 10.0. The first-order valence-corrected chi connectivity index (χ1v) is 7.55. The highest BCUT2D eigenvalue weighted by molar-refractivity contribution is 5.80. The fourth-order valence-corrected chi connectivity index (χ4v) is 2.26. The molecule has 2 atom stereocenters. The van der Waals surface area contributed by atoms with Crippen LogP contribution in [0.15, 0.2) is 66.7 Å². The molecule has 2 aromatic rings. The SMILES string of the molecule is O=C(O)[C@H](/C=C/c1ccccc1)N[C@@H](Cc1ccccc1)C(=O)O. The normalized spacial score (nSPS) is 13.5. The Hall–Kier alpha value is -2.92. The van der Waals surface area contributed by atoms with Crippen LogP contribution < -0.4 is 5.32 Å². The summed E-state index contributed by atoms with van der Waals surface area (Å²) in [6.07, 6.45) is 3.32. The van der Waals surface area contributed by atoms with Crippen LogP contribution in [-0.4, -0.2) is 34.2 Å². The Morgan fingerprint density at radius 2 is 1.50 bits per heavy atom. The molecule has 24 heavy (non-hydrogen) atoms. The van der Waals surface area contributed by atoms with E-state index in [0.29, 0.717) is 0 Å². The summed E-state index contributed by atoms with van der Waals surface area (Å²) < 4.78 is 0. The van der Waals surface area contributed by atoms with Gasteiger partial charge in [-0.2, -0.15) is 0 Å². The van der Waals surface area contributed by atoms with E-state index in [9.17, 15) is 19.8 Å². The Kier molecular flexibility index (Phi) is 6.28. The molecular weight excluding hydrogens is 306 g/mol. The number of carboxylic acids is 2. The number of rotatable bonds is 8. The minimum Gasteiger partial charge on any atom is -0.480 e. The summed E-state index contributed by atoms with van der Waals surface area (Å²) in [6.45, 7) is 0. The van der Waals surface area contributed by atoms with Crippen molar-refractivity contribution >= 4 is 18.0 Å². The van der Waals surface area contributed by atoms with E-state index in [4.69, 9.17) is 0 Å². The number of aliphatic carboxylic acids is 2. The maximum absolute atomic E-state index is 11.5. The molecule has 3 N–H and O–H groups in total. The number of hydrogen-bond acceptors (Lipinski definition) is 3. The van der Waals surface area contributed by atoms with Crippen molar-refractivity contribution in [3.63, 3.8) is 0 Å². The number of benzene rings is 2. The van der Waals surface area contributed by atoms with Gasteiger partial charge in [0.1, 0.15) is 12.1 Å². The monoisotopic (exact) mass is 325 g/mol. The molecule has 0 aliphatic rings. The highest BCUT2D eigenvalue weighted by Gasteiger charge is 2.24. The first kappa shape index (κ1) is 17.4. The largest absolute Gasteiger partial charge is 0.480 e. The Balaban J connectivity index is 2.10. The first-order valence-electron chi connectivity index (χ1n) is 7.55. The standard InChI is InChI=1S/C19H19NO4/c21-18(22)16(12-11-14-7-3-1-4-8-14)20-17(19(23)24)13-15-9-5-2-6-10-15/h1-12,16-17,20H,13H2,(H,21,22)(H,23,24)/b12-11+/t16-,17-/m0/s1. The maximum atomic E-state index is 11.5. The fraction of sp³-hybridized carbons (Fsp3) is 0.158. The molecule has 2 rings (SSSR count). The topological polar surface area (TPSA) is 86.6 Å². The van der Waals surface area contributed by atoms with Crippen molar-refractivity contribution < 1.29 is 19.8 Å². The van der Waals surface area contributed by atoms with Crippen molar-refractivity contribution in [1.29, 1.82) is 0 Å². The van der Waals surface area contributed by atoms with Crippen LogP contribution in [0.1, 0.15) is 11.1 Å². The predicted octanol–water partition coefficient (Wildman–Crippen LogP) is 2.44. The van der Waals surface area contributed by atoms with Crippen LogP contribution in [0.5, 0.6) is 0 Å². The third-order valence-corrected chi connectivity index (χ3v) is 3.51. The van der Waals surface area contributed by atoms with Gasteiger partial charge in [-0.15, -0.1) is 0 Å². The van der Waals surface area contributed by atoms with E-state index < -0.39 is 24.0 Å². The molecule has 0 spiro atoms. The summed E-state index contributed by atoms with van der Waals surface area (Å²) in [5.41, 5.74) is 1.68. The molecule has 0 saturated carbocycles. The summed E-state index contributed by atoms with van der Waals surface area (Å²) in [6, 6.07) is 16.3. The molecule has 2 aromatic carbocycles. The minimum absolute atomic E-state index is 0.207. The summed E-state index contributed by atoms with van der Waals surface area (Å²) in [4.78, 5) is 22.9. The van der Waals surface area contributed by atoms with E-state index in [2.05, 4.69) is 5.32 Å². The van der Waals surface area contributed by atoms with Crippen LogP contribution >= 0.6 is 0 Å². The lowest BCUT2D eigenvalue weighted by molar-refractivity contribution is -0.141. The third-order valence-electron chi connectivity index (χ3n) is 3.51. The van der Waals surface area contributed by atoms with Crippen LogP contribution in [0.3, 0.4) is 0 Å². The van der Waals surface area contributed by atoms with E-state index >= 15 is 0 Å². The molecule has 0 fully saturated rings. The minimum atomic E-state index is -1.12. The molecule has 0 bridgehead atoms. The van der Waals surface area contributed by atoms with Gasteiger partial charge in [0.05, 0.1) is 0 Å². The maximum Gasteiger partial charge on any atom is 0.324 e. The van der Waals surface area contributed by atoms with Crippen molar-refractivity contribution in [2.24, 2.45) is 0 Å². The van der Waals surface area contributed by atoms with Crippen LogP contribution in [0.2, 0.25) is 0 Å². The van der Waals surface area contributed by atoms with Crippen LogP contribution in [-0.2, 0) is 16.0 Å². The van der Waals surface area contributed by atoms with Gasteiger partial charge >= 0.3 is 11.9 Å². The Bertz CT molecular complexity index is 698. The number of hydrogen-bond donors (Lipinski definition) is 3. The third kappa shape index (κ3) is 5.37. The van der Waals surface area contributed by atoms with E-state index in [1.165, 1.54) is 6.08 Å². The molecule has 5 heteroatoms. The van der Waals surface area contributed by atoms with Crippen molar-refractivity contribution in [3.05, 3.63) is 77.9 Å². The fourth-order valence-electron chi connectivity index (χ4n) is 2.26. The van der Waals surface area contributed by atoms with Crippen molar-refractivity contribution in [2.45, 2.75) is 18.5 Å². The first-order chi connectivity index (χ1) is 11.6. The lowest BCUT2D eigenvalue weighted by Crippen LogP contribution is -2.47. The number of carboxylic acid groups (broad SMARTS) is 2. The highest BCUT2D eigenvalue weighted by Crippen LogP contribution is 2.07. The second-order valence-electron chi connectivity index (χ2n) is 5.33. The zero-order valence-electron chi connectivity index (χ0n) is 13.0. The van der Waals surface area contributed by atoms with E-state index in [0.717, 1.165) is 11.1 Å². The average molecular weight is 325 g/mol. The molecule has 0 amide bonds. The molecule has 124 valence electrons. The number of carbonyl (C=O) groups is 2. The molecule has 0 heterocycles. The zero-order chi connectivity index (χ0) is 17.4. The summed E-state index contributed by atoms with van der Waals surface area (Å²) >= 11 is 0. The van der Waals surface area contributed by atoms with Gasteiger partial charge < -0.3 is 10.2 Å². The molecule has 0 aliphatic heterocycles.